The van der Waals surface area contributed by atoms with E-state index in [0.717, 1.165) is 16.9 Å². The number of nitrogens with two attached hydrogens (primary N) is 1. The van der Waals surface area contributed by atoms with Crippen molar-refractivity contribution >= 4 is 27.3 Å². The second-order valence-corrected chi connectivity index (χ2v) is 11.2. The third-order valence-electron chi connectivity index (χ3n) is 6.07. The summed E-state index contributed by atoms with van der Waals surface area (Å²) < 4.78 is 53.8. The Labute approximate surface area is 226 Å². The fourth-order valence-electron chi connectivity index (χ4n) is 4.02. The predicted molar refractivity (Wildman–Crippen MR) is 142 cm³/mol. The number of carboxylic acid groups (broad SMARTS) is 1. The Hall–Kier alpha value is -4.26. The van der Waals surface area contributed by atoms with Crippen LogP contribution in [0.25, 0.3) is 27.5 Å². The number of primary sulfonamides is 1. The standard InChI is InChI=1S/C27H20F2N4O4S2/c1-15-2-5-17(12-23(15)29)21-11-18(6-9-22(21)28)25-19(10-16-3-7-20(8-4-16)39(30,36)37)13-33(32-25)27-31-24(14-38-27)26(34)35/h2-9,11-14H,10H2,1H3,(H,34,35)(H2,30,36,37). The molecule has 0 aliphatic carbocycles. The normalized spacial score (nSPS) is 11.6. The first kappa shape index (κ1) is 26.4. The predicted octanol–water partition coefficient (Wildman–Crippen LogP) is 5.19. The maximum Gasteiger partial charge on any atom is 0.355 e. The number of halogens is 2. The number of carboxylic acids is 1. The van der Waals surface area contributed by atoms with Crippen LogP contribution in [0.4, 0.5) is 8.78 Å². The number of aryl methyl sites for hydroxylation is 1. The first-order chi connectivity index (χ1) is 18.5. The first-order valence-electron chi connectivity index (χ1n) is 11.5. The molecule has 2 heterocycles. The number of benzene rings is 3. The number of sulfonamides is 1. The molecule has 3 N–H and O–H groups in total. The summed E-state index contributed by atoms with van der Waals surface area (Å²) in [6.07, 6.45) is 1.99. The van der Waals surface area contributed by atoms with Gasteiger partial charge in [0.1, 0.15) is 11.6 Å². The van der Waals surface area contributed by atoms with Crippen molar-refractivity contribution in [1.29, 1.82) is 0 Å². The van der Waals surface area contributed by atoms with Crippen LogP contribution in [0, 0.1) is 18.6 Å². The Morgan fingerprint density at radius 2 is 1.74 bits per heavy atom. The molecule has 0 aliphatic rings. The Balaban J connectivity index is 1.61. The molecule has 5 rings (SSSR count). The number of aromatic nitrogens is 3. The van der Waals surface area contributed by atoms with Crippen molar-refractivity contribution in [3.05, 3.63) is 106 Å². The van der Waals surface area contributed by atoms with E-state index in [1.807, 2.05) is 0 Å². The second kappa shape index (κ2) is 10.1. The van der Waals surface area contributed by atoms with Crippen LogP contribution in [-0.2, 0) is 16.4 Å². The van der Waals surface area contributed by atoms with E-state index in [9.17, 15) is 27.1 Å². The Morgan fingerprint density at radius 1 is 1.03 bits per heavy atom. The number of hydrogen-bond donors (Lipinski definition) is 2. The van der Waals surface area contributed by atoms with Gasteiger partial charge in [0.25, 0.3) is 0 Å². The molecule has 0 atom stereocenters. The lowest BCUT2D eigenvalue weighted by molar-refractivity contribution is 0.0691. The van der Waals surface area contributed by atoms with Gasteiger partial charge in [-0.3, -0.25) is 0 Å². The second-order valence-electron chi connectivity index (χ2n) is 8.79. The van der Waals surface area contributed by atoms with Crippen molar-refractivity contribution in [3.8, 4) is 27.5 Å². The van der Waals surface area contributed by atoms with E-state index in [2.05, 4.69) is 10.1 Å². The number of aromatic carboxylic acids is 1. The molecule has 0 amide bonds. The Bertz CT molecular complexity index is 1830. The number of thiazole rings is 1. The molecule has 0 spiro atoms. The average Bonchev–Trinajstić information content (AvgIpc) is 3.54. The largest absolute Gasteiger partial charge is 0.476 e. The number of rotatable bonds is 7. The molecule has 12 heteroatoms. The highest BCUT2D eigenvalue weighted by Gasteiger charge is 2.19. The molecular weight excluding hydrogens is 546 g/mol. The summed E-state index contributed by atoms with van der Waals surface area (Å²) >= 11 is 1.09. The number of nitrogens with zero attached hydrogens (tertiary/aromatic N) is 3. The van der Waals surface area contributed by atoms with Gasteiger partial charge in [0, 0.05) is 34.7 Å². The van der Waals surface area contributed by atoms with Crippen LogP contribution in [0.5, 0.6) is 0 Å². The van der Waals surface area contributed by atoms with E-state index >= 15 is 0 Å². The zero-order valence-corrected chi connectivity index (χ0v) is 21.9. The molecule has 0 unspecified atom stereocenters. The molecule has 0 radical (unpaired) electrons. The Kier molecular flexibility index (Phi) is 6.85. The van der Waals surface area contributed by atoms with E-state index < -0.39 is 27.6 Å². The summed E-state index contributed by atoms with van der Waals surface area (Å²) in [5.41, 5.74) is 3.29. The summed E-state index contributed by atoms with van der Waals surface area (Å²) in [4.78, 5) is 15.4. The van der Waals surface area contributed by atoms with Crippen LogP contribution in [0.3, 0.4) is 0 Å². The van der Waals surface area contributed by atoms with Crippen LogP contribution < -0.4 is 5.14 Å². The summed E-state index contributed by atoms with van der Waals surface area (Å²) in [6.45, 7) is 1.62. The fraction of sp³-hybridized carbons (Fsp3) is 0.0741. The van der Waals surface area contributed by atoms with E-state index in [0.29, 0.717) is 39.5 Å². The molecule has 39 heavy (non-hydrogen) atoms. The molecule has 0 aliphatic heterocycles. The monoisotopic (exact) mass is 566 g/mol. The van der Waals surface area contributed by atoms with E-state index in [-0.39, 0.29) is 16.2 Å². The minimum absolute atomic E-state index is 0.0281. The van der Waals surface area contributed by atoms with Crippen LogP contribution in [0.1, 0.15) is 27.2 Å². The molecule has 0 saturated carbocycles. The van der Waals surface area contributed by atoms with Crippen LogP contribution >= 0.6 is 11.3 Å². The lowest BCUT2D eigenvalue weighted by Gasteiger charge is -2.09. The van der Waals surface area contributed by atoms with Gasteiger partial charge in [0.15, 0.2) is 5.69 Å². The zero-order chi connectivity index (χ0) is 27.9. The Morgan fingerprint density at radius 3 is 2.38 bits per heavy atom. The van der Waals surface area contributed by atoms with Gasteiger partial charge in [-0.1, -0.05) is 24.3 Å². The van der Waals surface area contributed by atoms with Crippen LogP contribution in [0.2, 0.25) is 0 Å². The summed E-state index contributed by atoms with van der Waals surface area (Å²) in [5.74, 6) is -2.16. The minimum Gasteiger partial charge on any atom is -0.476 e. The lowest BCUT2D eigenvalue weighted by Crippen LogP contribution is -2.11. The van der Waals surface area contributed by atoms with Gasteiger partial charge in [-0.2, -0.15) is 5.10 Å². The smallest absolute Gasteiger partial charge is 0.355 e. The van der Waals surface area contributed by atoms with Gasteiger partial charge in [-0.05, 0) is 60.0 Å². The molecule has 198 valence electrons. The van der Waals surface area contributed by atoms with Gasteiger partial charge < -0.3 is 5.11 Å². The average molecular weight is 567 g/mol. The van der Waals surface area contributed by atoms with Gasteiger partial charge in [0.2, 0.25) is 15.2 Å². The molecule has 0 saturated heterocycles. The van der Waals surface area contributed by atoms with Crippen molar-refractivity contribution in [2.24, 2.45) is 5.14 Å². The third-order valence-corrected chi connectivity index (χ3v) is 7.83. The highest BCUT2D eigenvalue weighted by molar-refractivity contribution is 7.89. The summed E-state index contributed by atoms with van der Waals surface area (Å²) in [5, 5.41) is 20.8. The van der Waals surface area contributed by atoms with Crippen molar-refractivity contribution in [2.45, 2.75) is 18.2 Å². The highest BCUT2D eigenvalue weighted by atomic mass is 32.2. The quantitative estimate of drug-likeness (QED) is 0.279. The summed E-state index contributed by atoms with van der Waals surface area (Å²) in [7, 11) is -3.85. The molecular formula is C27H20F2N4O4S2. The SMILES string of the molecule is Cc1ccc(-c2cc(-c3nn(-c4nc(C(=O)O)cs4)cc3Cc3ccc(S(N)(=O)=O)cc3)ccc2F)cc1F. The molecule has 2 aromatic heterocycles. The van der Waals surface area contributed by atoms with Crippen LogP contribution in [-0.4, -0.2) is 34.3 Å². The maximum absolute atomic E-state index is 14.9. The molecule has 0 fully saturated rings. The minimum atomic E-state index is -3.85. The van der Waals surface area contributed by atoms with Crippen molar-refractivity contribution in [2.75, 3.05) is 0 Å². The van der Waals surface area contributed by atoms with Gasteiger partial charge in [-0.25, -0.2) is 36.8 Å². The fourth-order valence-corrected chi connectivity index (χ4v) is 5.26. The maximum atomic E-state index is 14.9. The van der Waals surface area contributed by atoms with Gasteiger partial charge in [-0.15, -0.1) is 11.3 Å². The van der Waals surface area contributed by atoms with Crippen molar-refractivity contribution in [1.82, 2.24) is 14.8 Å². The lowest BCUT2D eigenvalue weighted by atomic mass is 9.97. The third kappa shape index (κ3) is 5.48. The van der Waals surface area contributed by atoms with E-state index in [1.165, 1.54) is 34.3 Å². The zero-order valence-electron chi connectivity index (χ0n) is 20.3. The first-order valence-corrected chi connectivity index (χ1v) is 13.9. The van der Waals surface area contributed by atoms with Crippen molar-refractivity contribution in [3.63, 3.8) is 0 Å². The topological polar surface area (TPSA) is 128 Å². The van der Waals surface area contributed by atoms with E-state index in [1.54, 1.807) is 49.5 Å². The summed E-state index contributed by atoms with van der Waals surface area (Å²) in [6, 6.07) is 14.9. The van der Waals surface area contributed by atoms with Gasteiger partial charge >= 0.3 is 5.97 Å². The molecule has 3 aromatic carbocycles. The molecule has 5 aromatic rings. The molecule has 0 bridgehead atoms. The number of carbonyl (C=O) groups is 1. The highest BCUT2D eigenvalue weighted by Crippen LogP contribution is 2.32. The van der Waals surface area contributed by atoms with Crippen LogP contribution in [0.15, 0.2) is 77.1 Å². The molecule has 8 nitrogen and oxygen atoms in total. The van der Waals surface area contributed by atoms with E-state index in [4.69, 9.17) is 5.14 Å². The van der Waals surface area contributed by atoms with Crippen molar-refractivity contribution < 1.29 is 27.1 Å². The number of hydrogen-bond acceptors (Lipinski definition) is 6. The van der Waals surface area contributed by atoms with Gasteiger partial charge in [0.05, 0.1) is 10.6 Å².